The molecule has 0 aliphatic carbocycles. The molecule has 1 saturated heterocycles. The van der Waals surface area contributed by atoms with Crippen LogP contribution in [-0.2, 0) is 0 Å². The Morgan fingerprint density at radius 3 is 2.75 bits per heavy atom. The maximum absolute atomic E-state index is 3.50. The van der Waals surface area contributed by atoms with E-state index in [1.165, 1.54) is 51.6 Å². The summed E-state index contributed by atoms with van der Waals surface area (Å²) in [5.74, 6) is 0. The van der Waals surface area contributed by atoms with Gasteiger partial charge in [-0.1, -0.05) is 33.1 Å². The zero-order valence-corrected chi connectivity index (χ0v) is 8.66. The van der Waals surface area contributed by atoms with E-state index in [2.05, 4.69) is 19.2 Å². The Morgan fingerprint density at radius 1 is 1.33 bits per heavy atom. The first-order chi connectivity index (χ1) is 5.77. The van der Waals surface area contributed by atoms with Crippen LogP contribution in [0.4, 0.5) is 0 Å². The van der Waals surface area contributed by atoms with Gasteiger partial charge in [-0.2, -0.15) is 0 Å². The fraction of sp³-hybridized carbons (Fsp3) is 1.00. The Morgan fingerprint density at radius 2 is 2.17 bits per heavy atom. The summed E-state index contributed by atoms with van der Waals surface area (Å²) in [7, 11) is 0. The molecule has 0 aromatic heterocycles. The summed E-state index contributed by atoms with van der Waals surface area (Å²) in [4.78, 5) is 0. The molecule has 12 heavy (non-hydrogen) atoms. The van der Waals surface area contributed by atoms with Gasteiger partial charge >= 0.3 is 0 Å². The number of hydrogen-bond acceptors (Lipinski definition) is 1. The first-order valence-corrected chi connectivity index (χ1v) is 5.47. The predicted octanol–water partition coefficient (Wildman–Crippen LogP) is 2.96. The van der Waals surface area contributed by atoms with Gasteiger partial charge in [-0.05, 0) is 31.2 Å². The van der Waals surface area contributed by atoms with Crippen molar-refractivity contribution in [3.8, 4) is 0 Å². The zero-order valence-electron chi connectivity index (χ0n) is 8.66. The lowest BCUT2D eigenvalue weighted by molar-refractivity contribution is 0.212. The van der Waals surface area contributed by atoms with E-state index in [0.717, 1.165) is 0 Å². The van der Waals surface area contributed by atoms with E-state index in [-0.39, 0.29) is 0 Å². The summed E-state index contributed by atoms with van der Waals surface area (Å²) in [6.07, 6.45) is 8.42. The van der Waals surface area contributed by atoms with Gasteiger partial charge in [0.05, 0.1) is 0 Å². The van der Waals surface area contributed by atoms with Crippen LogP contribution in [0.1, 0.15) is 52.4 Å². The van der Waals surface area contributed by atoms with Crippen LogP contribution < -0.4 is 5.32 Å². The molecule has 0 saturated carbocycles. The Balaban J connectivity index is 2.17. The van der Waals surface area contributed by atoms with Crippen molar-refractivity contribution in [3.63, 3.8) is 0 Å². The highest BCUT2D eigenvalue weighted by Gasteiger charge is 2.25. The lowest BCUT2D eigenvalue weighted by Crippen LogP contribution is -2.37. The molecule has 1 heteroatoms. The summed E-state index contributed by atoms with van der Waals surface area (Å²) in [5.41, 5.74) is 0.618. The average molecular weight is 169 g/mol. The van der Waals surface area contributed by atoms with Crippen LogP contribution >= 0.6 is 0 Å². The molecule has 0 amide bonds. The summed E-state index contributed by atoms with van der Waals surface area (Å²) < 4.78 is 0. The van der Waals surface area contributed by atoms with E-state index >= 15 is 0 Å². The third-order valence-corrected chi connectivity index (χ3v) is 3.07. The second-order valence-electron chi connectivity index (χ2n) is 4.55. The highest BCUT2D eigenvalue weighted by molar-refractivity contribution is 4.80. The molecule has 1 heterocycles. The summed E-state index contributed by atoms with van der Waals surface area (Å²) in [6.45, 7) is 7.20. The van der Waals surface area contributed by atoms with Crippen molar-refractivity contribution in [2.45, 2.75) is 52.4 Å². The molecule has 72 valence electrons. The Bertz CT molecular complexity index is 114. The molecule has 0 bridgehead atoms. The second-order valence-corrected chi connectivity index (χ2v) is 4.55. The zero-order chi connectivity index (χ0) is 8.86. The maximum atomic E-state index is 3.50. The van der Waals surface area contributed by atoms with Gasteiger partial charge in [-0.15, -0.1) is 0 Å². The standard InChI is InChI=1S/C11H23N/c1-3-4-5-7-11(2)8-6-9-12-10-11/h12H,3-10H2,1-2H3. The highest BCUT2D eigenvalue weighted by atomic mass is 14.9. The number of nitrogens with one attached hydrogen (secondary N) is 1. The van der Waals surface area contributed by atoms with Crippen molar-refractivity contribution in [1.29, 1.82) is 0 Å². The molecule has 1 N–H and O–H groups in total. The van der Waals surface area contributed by atoms with Gasteiger partial charge in [0, 0.05) is 6.54 Å². The summed E-state index contributed by atoms with van der Waals surface area (Å²) >= 11 is 0. The van der Waals surface area contributed by atoms with Crippen LogP contribution in [0.15, 0.2) is 0 Å². The van der Waals surface area contributed by atoms with Gasteiger partial charge in [0.15, 0.2) is 0 Å². The van der Waals surface area contributed by atoms with Crippen LogP contribution in [0, 0.1) is 5.41 Å². The van der Waals surface area contributed by atoms with Gasteiger partial charge in [-0.25, -0.2) is 0 Å². The topological polar surface area (TPSA) is 12.0 Å². The highest BCUT2D eigenvalue weighted by Crippen LogP contribution is 2.31. The second kappa shape index (κ2) is 4.86. The molecule has 0 aromatic carbocycles. The Hall–Kier alpha value is -0.0400. The van der Waals surface area contributed by atoms with Crippen molar-refractivity contribution in [1.82, 2.24) is 5.32 Å². The molecular weight excluding hydrogens is 146 g/mol. The lowest BCUT2D eigenvalue weighted by atomic mass is 9.78. The van der Waals surface area contributed by atoms with Gasteiger partial charge in [0.2, 0.25) is 0 Å². The van der Waals surface area contributed by atoms with Gasteiger partial charge in [0.25, 0.3) is 0 Å². The first kappa shape index (κ1) is 10.0. The molecule has 1 aliphatic heterocycles. The van der Waals surface area contributed by atoms with Crippen molar-refractivity contribution in [3.05, 3.63) is 0 Å². The van der Waals surface area contributed by atoms with E-state index < -0.39 is 0 Å². The van der Waals surface area contributed by atoms with E-state index in [9.17, 15) is 0 Å². The number of unbranched alkanes of at least 4 members (excludes halogenated alkanes) is 2. The molecule has 1 fully saturated rings. The van der Waals surface area contributed by atoms with Crippen molar-refractivity contribution >= 4 is 0 Å². The largest absolute Gasteiger partial charge is 0.316 e. The number of rotatable bonds is 4. The number of hydrogen-bond donors (Lipinski definition) is 1. The minimum Gasteiger partial charge on any atom is -0.316 e. The molecule has 0 spiro atoms. The third-order valence-electron chi connectivity index (χ3n) is 3.07. The molecule has 1 aliphatic rings. The van der Waals surface area contributed by atoms with Crippen LogP contribution in [0.25, 0.3) is 0 Å². The van der Waals surface area contributed by atoms with E-state index in [1.54, 1.807) is 0 Å². The first-order valence-electron chi connectivity index (χ1n) is 5.47. The molecule has 0 aromatic rings. The quantitative estimate of drug-likeness (QED) is 0.638. The smallest absolute Gasteiger partial charge is 0.000517 e. The fourth-order valence-electron chi connectivity index (χ4n) is 2.13. The van der Waals surface area contributed by atoms with Crippen LogP contribution in [0.2, 0.25) is 0 Å². The molecule has 1 atom stereocenters. The monoisotopic (exact) mass is 169 g/mol. The lowest BCUT2D eigenvalue weighted by Gasteiger charge is -2.34. The molecular formula is C11H23N. The third kappa shape index (κ3) is 3.14. The van der Waals surface area contributed by atoms with E-state index in [0.29, 0.717) is 5.41 Å². The Kier molecular flexibility index (Phi) is 4.07. The minimum atomic E-state index is 0.618. The molecule has 1 unspecified atom stereocenters. The fourth-order valence-corrected chi connectivity index (χ4v) is 2.13. The SMILES string of the molecule is CCCCCC1(C)CCCNC1. The van der Waals surface area contributed by atoms with Crippen LogP contribution in [0.5, 0.6) is 0 Å². The van der Waals surface area contributed by atoms with Gasteiger partial charge in [0.1, 0.15) is 0 Å². The molecule has 0 radical (unpaired) electrons. The van der Waals surface area contributed by atoms with Crippen molar-refractivity contribution in [2.75, 3.05) is 13.1 Å². The van der Waals surface area contributed by atoms with Gasteiger partial charge in [-0.3, -0.25) is 0 Å². The number of piperidine rings is 1. The van der Waals surface area contributed by atoms with Crippen molar-refractivity contribution < 1.29 is 0 Å². The normalized spacial score (nSPS) is 30.5. The van der Waals surface area contributed by atoms with Gasteiger partial charge < -0.3 is 5.32 Å². The maximum Gasteiger partial charge on any atom is 0.000517 e. The van der Waals surface area contributed by atoms with Crippen molar-refractivity contribution in [2.24, 2.45) is 5.41 Å². The van der Waals surface area contributed by atoms with Crippen LogP contribution in [-0.4, -0.2) is 13.1 Å². The van der Waals surface area contributed by atoms with E-state index in [1.807, 2.05) is 0 Å². The minimum absolute atomic E-state index is 0.618. The average Bonchev–Trinajstić information content (AvgIpc) is 2.06. The molecule has 1 rings (SSSR count). The summed E-state index contributed by atoms with van der Waals surface area (Å²) in [6, 6.07) is 0. The Labute approximate surface area is 76.9 Å². The van der Waals surface area contributed by atoms with E-state index in [4.69, 9.17) is 0 Å². The predicted molar refractivity (Wildman–Crippen MR) is 54.4 cm³/mol. The summed E-state index contributed by atoms with van der Waals surface area (Å²) in [5, 5.41) is 3.50. The van der Waals surface area contributed by atoms with Crippen LogP contribution in [0.3, 0.4) is 0 Å². The molecule has 1 nitrogen and oxygen atoms in total.